The standard InChI is InChI=1S/C16H14N2O/c1-11-16(12-7-9-13(19-2)10-8-12)18-15-6-4-3-5-14(15)17-11/h3-10H,1-2H3. The highest BCUT2D eigenvalue weighted by atomic mass is 16.5. The molecule has 1 heterocycles. The Balaban J connectivity index is 2.15. The van der Waals surface area contributed by atoms with Crippen molar-refractivity contribution in [2.45, 2.75) is 6.92 Å². The molecule has 2 aromatic carbocycles. The molecule has 0 saturated carbocycles. The lowest BCUT2D eigenvalue weighted by Crippen LogP contribution is -1.94. The van der Waals surface area contributed by atoms with Crippen LogP contribution in [-0.2, 0) is 0 Å². The zero-order valence-corrected chi connectivity index (χ0v) is 10.9. The van der Waals surface area contributed by atoms with Crippen LogP contribution in [0, 0.1) is 6.92 Å². The maximum atomic E-state index is 5.17. The number of ether oxygens (including phenoxy) is 1. The first-order chi connectivity index (χ1) is 9.28. The summed E-state index contributed by atoms with van der Waals surface area (Å²) in [4.78, 5) is 9.30. The molecule has 3 rings (SSSR count). The third kappa shape index (κ3) is 2.15. The highest BCUT2D eigenvalue weighted by Crippen LogP contribution is 2.24. The van der Waals surface area contributed by atoms with Gasteiger partial charge in [0, 0.05) is 5.56 Å². The van der Waals surface area contributed by atoms with Crippen LogP contribution in [-0.4, -0.2) is 17.1 Å². The Labute approximate surface area is 111 Å². The van der Waals surface area contributed by atoms with E-state index in [1.165, 1.54) is 0 Å². The van der Waals surface area contributed by atoms with E-state index < -0.39 is 0 Å². The molecule has 19 heavy (non-hydrogen) atoms. The van der Waals surface area contributed by atoms with Crippen LogP contribution in [0.3, 0.4) is 0 Å². The second-order valence-electron chi connectivity index (χ2n) is 4.37. The van der Waals surface area contributed by atoms with Gasteiger partial charge in [0.2, 0.25) is 0 Å². The molecule has 1 aromatic heterocycles. The summed E-state index contributed by atoms with van der Waals surface area (Å²) in [6.45, 7) is 1.99. The van der Waals surface area contributed by atoms with E-state index in [0.717, 1.165) is 33.7 Å². The Bertz CT molecular complexity index is 720. The molecule has 3 aromatic rings. The molecule has 3 heteroatoms. The Morgan fingerprint density at radius 2 is 1.47 bits per heavy atom. The van der Waals surface area contributed by atoms with Crippen LogP contribution in [0.4, 0.5) is 0 Å². The summed E-state index contributed by atoms with van der Waals surface area (Å²) in [5.41, 5.74) is 4.75. The fraction of sp³-hybridized carbons (Fsp3) is 0.125. The van der Waals surface area contributed by atoms with Crippen LogP contribution in [0.2, 0.25) is 0 Å². The molecule has 0 fully saturated rings. The van der Waals surface area contributed by atoms with Crippen LogP contribution >= 0.6 is 0 Å². The summed E-state index contributed by atoms with van der Waals surface area (Å²) in [7, 11) is 1.66. The molecular formula is C16H14N2O. The fourth-order valence-corrected chi connectivity index (χ4v) is 2.11. The lowest BCUT2D eigenvalue weighted by molar-refractivity contribution is 0.415. The van der Waals surface area contributed by atoms with Gasteiger partial charge in [-0.25, -0.2) is 9.97 Å². The zero-order valence-electron chi connectivity index (χ0n) is 10.9. The number of methoxy groups -OCH3 is 1. The van der Waals surface area contributed by atoms with Crippen LogP contribution in [0.1, 0.15) is 5.69 Å². The molecule has 0 aliphatic rings. The molecule has 0 saturated heterocycles. The average Bonchev–Trinajstić information content (AvgIpc) is 2.47. The van der Waals surface area contributed by atoms with E-state index in [1.807, 2.05) is 55.5 Å². The van der Waals surface area contributed by atoms with Gasteiger partial charge in [0.25, 0.3) is 0 Å². The van der Waals surface area contributed by atoms with Gasteiger partial charge in [0.1, 0.15) is 5.75 Å². The molecule has 0 unspecified atom stereocenters. The van der Waals surface area contributed by atoms with Gasteiger partial charge >= 0.3 is 0 Å². The third-order valence-corrected chi connectivity index (χ3v) is 3.11. The normalized spacial score (nSPS) is 10.6. The van der Waals surface area contributed by atoms with Crippen molar-refractivity contribution in [3.63, 3.8) is 0 Å². The number of hydrogen-bond donors (Lipinski definition) is 0. The first kappa shape index (κ1) is 11.7. The number of aromatic nitrogens is 2. The van der Waals surface area contributed by atoms with Gasteiger partial charge in [-0.15, -0.1) is 0 Å². The van der Waals surface area contributed by atoms with Crippen molar-refractivity contribution in [2.24, 2.45) is 0 Å². The van der Waals surface area contributed by atoms with Crippen molar-refractivity contribution < 1.29 is 4.74 Å². The number of benzene rings is 2. The third-order valence-electron chi connectivity index (χ3n) is 3.11. The van der Waals surface area contributed by atoms with Gasteiger partial charge in [-0.2, -0.15) is 0 Å². The first-order valence-electron chi connectivity index (χ1n) is 6.16. The van der Waals surface area contributed by atoms with Gasteiger partial charge in [0.15, 0.2) is 0 Å². The van der Waals surface area contributed by atoms with E-state index in [0.29, 0.717) is 0 Å². The van der Waals surface area contributed by atoms with E-state index >= 15 is 0 Å². The summed E-state index contributed by atoms with van der Waals surface area (Å²) in [6, 6.07) is 15.8. The highest BCUT2D eigenvalue weighted by Gasteiger charge is 2.07. The van der Waals surface area contributed by atoms with Crippen molar-refractivity contribution in [1.82, 2.24) is 9.97 Å². The number of rotatable bonds is 2. The minimum absolute atomic E-state index is 0.843. The van der Waals surface area contributed by atoms with Crippen molar-refractivity contribution >= 4 is 11.0 Å². The van der Waals surface area contributed by atoms with Crippen molar-refractivity contribution in [3.8, 4) is 17.0 Å². The predicted molar refractivity (Wildman–Crippen MR) is 76.3 cm³/mol. The van der Waals surface area contributed by atoms with E-state index in [-0.39, 0.29) is 0 Å². The minimum Gasteiger partial charge on any atom is -0.497 e. The predicted octanol–water partition coefficient (Wildman–Crippen LogP) is 3.61. The monoisotopic (exact) mass is 250 g/mol. The number of nitrogens with zero attached hydrogens (tertiary/aromatic N) is 2. The van der Waals surface area contributed by atoms with Gasteiger partial charge in [-0.1, -0.05) is 12.1 Å². The molecule has 3 nitrogen and oxygen atoms in total. The average molecular weight is 250 g/mol. The van der Waals surface area contributed by atoms with Gasteiger partial charge < -0.3 is 4.74 Å². The lowest BCUT2D eigenvalue weighted by atomic mass is 10.1. The Morgan fingerprint density at radius 3 is 2.11 bits per heavy atom. The quantitative estimate of drug-likeness (QED) is 0.696. The molecule has 0 bridgehead atoms. The zero-order chi connectivity index (χ0) is 13.2. The smallest absolute Gasteiger partial charge is 0.118 e. The molecule has 0 spiro atoms. The van der Waals surface area contributed by atoms with E-state index in [9.17, 15) is 0 Å². The summed E-state index contributed by atoms with van der Waals surface area (Å²) >= 11 is 0. The van der Waals surface area contributed by atoms with Crippen molar-refractivity contribution in [3.05, 3.63) is 54.2 Å². The van der Waals surface area contributed by atoms with Crippen molar-refractivity contribution in [1.29, 1.82) is 0 Å². The summed E-state index contributed by atoms with van der Waals surface area (Å²) in [5.74, 6) is 0.843. The summed E-state index contributed by atoms with van der Waals surface area (Å²) in [6.07, 6.45) is 0. The highest BCUT2D eigenvalue weighted by molar-refractivity contribution is 5.78. The number of hydrogen-bond acceptors (Lipinski definition) is 3. The van der Waals surface area contributed by atoms with Gasteiger partial charge in [0.05, 0.1) is 29.5 Å². The van der Waals surface area contributed by atoms with Crippen LogP contribution in [0.25, 0.3) is 22.3 Å². The summed E-state index contributed by atoms with van der Waals surface area (Å²) < 4.78 is 5.17. The molecule has 0 amide bonds. The maximum Gasteiger partial charge on any atom is 0.118 e. The Hall–Kier alpha value is -2.42. The topological polar surface area (TPSA) is 35.0 Å². The van der Waals surface area contributed by atoms with E-state index in [4.69, 9.17) is 9.72 Å². The molecule has 0 atom stereocenters. The van der Waals surface area contributed by atoms with Gasteiger partial charge in [-0.05, 0) is 43.3 Å². The molecule has 0 N–H and O–H groups in total. The second-order valence-corrected chi connectivity index (χ2v) is 4.37. The largest absolute Gasteiger partial charge is 0.497 e. The number of fused-ring (bicyclic) bond motifs is 1. The number of para-hydroxylation sites is 2. The molecule has 94 valence electrons. The van der Waals surface area contributed by atoms with E-state index in [2.05, 4.69) is 4.98 Å². The number of aryl methyl sites for hydroxylation is 1. The lowest BCUT2D eigenvalue weighted by Gasteiger charge is -2.07. The van der Waals surface area contributed by atoms with Crippen LogP contribution in [0.5, 0.6) is 5.75 Å². The molecule has 0 aliphatic carbocycles. The maximum absolute atomic E-state index is 5.17. The van der Waals surface area contributed by atoms with Crippen LogP contribution < -0.4 is 4.74 Å². The van der Waals surface area contributed by atoms with E-state index in [1.54, 1.807) is 7.11 Å². The molecular weight excluding hydrogens is 236 g/mol. The molecule has 0 aliphatic heterocycles. The first-order valence-corrected chi connectivity index (χ1v) is 6.16. The SMILES string of the molecule is COc1ccc(-c2nc3ccccc3nc2C)cc1. The summed E-state index contributed by atoms with van der Waals surface area (Å²) in [5, 5.41) is 0. The Morgan fingerprint density at radius 1 is 0.842 bits per heavy atom. The molecule has 0 radical (unpaired) electrons. The van der Waals surface area contributed by atoms with Crippen molar-refractivity contribution in [2.75, 3.05) is 7.11 Å². The van der Waals surface area contributed by atoms with Gasteiger partial charge in [-0.3, -0.25) is 0 Å². The minimum atomic E-state index is 0.843. The van der Waals surface area contributed by atoms with Crippen LogP contribution in [0.15, 0.2) is 48.5 Å². The second kappa shape index (κ2) is 4.69. The fourth-order valence-electron chi connectivity index (χ4n) is 2.11. The Kier molecular flexibility index (Phi) is 2.88.